The zero-order valence-corrected chi connectivity index (χ0v) is 13.1. The third-order valence-electron chi connectivity index (χ3n) is 4.74. The number of rotatable bonds is 1. The summed E-state index contributed by atoms with van der Waals surface area (Å²) in [5, 5.41) is 6.67. The summed E-state index contributed by atoms with van der Waals surface area (Å²) in [6.07, 6.45) is 0. The molecule has 0 spiro atoms. The molecule has 1 unspecified atom stereocenters. The maximum atomic E-state index is 6.25. The number of fused-ring (bicyclic) bond motifs is 2. The topological polar surface area (TPSA) is 12.0 Å². The highest BCUT2D eigenvalue weighted by molar-refractivity contribution is 6.30. The molecule has 1 aliphatic heterocycles. The molecule has 0 saturated carbocycles. The van der Waals surface area contributed by atoms with E-state index >= 15 is 0 Å². The molecule has 4 rings (SSSR count). The van der Waals surface area contributed by atoms with E-state index in [1.165, 1.54) is 21.9 Å². The van der Waals surface area contributed by atoms with E-state index in [1.54, 1.807) is 0 Å². The monoisotopic (exact) mass is 305 g/mol. The first-order valence-corrected chi connectivity index (χ1v) is 7.73. The van der Waals surface area contributed by atoms with Gasteiger partial charge in [0, 0.05) is 16.4 Å². The van der Waals surface area contributed by atoms with Crippen LogP contribution in [0.3, 0.4) is 0 Å². The highest BCUT2D eigenvalue weighted by Gasteiger charge is 2.40. The number of benzene rings is 3. The summed E-state index contributed by atoms with van der Waals surface area (Å²) in [5.41, 5.74) is 4.22. The fraction of sp³-hybridized carbons (Fsp3) is 0.100. The first kappa shape index (κ1) is 13.4. The second-order valence-electron chi connectivity index (χ2n) is 5.95. The smallest absolute Gasteiger partial charge is 0.0594 e. The predicted molar refractivity (Wildman–Crippen MR) is 94.6 cm³/mol. The van der Waals surface area contributed by atoms with Gasteiger partial charge in [-0.2, -0.15) is 0 Å². The van der Waals surface area contributed by atoms with Crippen LogP contribution >= 0.6 is 11.6 Å². The summed E-state index contributed by atoms with van der Waals surface area (Å²) in [4.78, 5) is 0. The Hall–Kier alpha value is -2.25. The summed E-state index contributed by atoms with van der Waals surface area (Å²) >= 11 is 6.25. The van der Waals surface area contributed by atoms with Crippen LogP contribution in [0.2, 0.25) is 5.02 Å². The predicted octanol–water partition coefficient (Wildman–Crippen LogP) is 5.74. The summed E-state index contributed by atoms with van der Waals surface area (Å²) in [5.74, 6) is 0. The van der Waals surface area contributed by atoms with Crippen LogP contribution in [0.5, 0.6) is 0 Å². The van der Waals surface area contributed by atoms with Crippen molar-refractivity contribution in [3.8, 4) is 0 Å². The molecule has 1 aliphatic rings. The summed E-state index contributed by atoms with van der Waals surface area (Å²) in [6.45, 7) is 6.50. The van der Waals surface area contributed by atoms with Gasteiger partial charge in [-0.3, -0.25) is 0 Å². The Morgan fingerprint density at radius 2 is 1.73 bits per heavy atom. The molecule has 0 aliphatic carbocycles. The van der Waals surface area contributed by atoms with Crippen molar-refractivity contribution >= 4 is 28.1 Å². The minimum atomic E-state index is -0.291. The fourth-order valence-corrected chi connectivity index (χ4v) is 3.63. The molecule has 0 fully saturated rings. The Kier molecular flexibility index (Phi) is 2.82. The van der Waals surface area contributed by atoms with E-state index in [9.17, 15) is 0 Å². The lowest BCUT2D eigenvalue weighted by atomic mass is 9.74. The van der Waals surface area contributed by atoms with Crippen LogP contribution < -0.4 is 5.32 Å². The number of anilines is 1. The van der Waals surface area contributed by atoms with E-state index in [2.05, 4.69) is 61.3 Å². The maximum absolute atomic E-state index is 6.25. The highest BCUT2D eigenvalue weighted by atomic mass is 35.5. The van der Waals surface area contributed by atoms with Crippen LogP contribution in [0.1, 0.15) is 18.1 Å². The van der Waals surface area contributed by atoms with E-state index in [1.807, 2.05) is 18.2 Å². The molecule has 1 atom stereocenters. The van der Waals surface area contributed by atoms with Crippen LogP contribution in [0.25, 0.3) is 10.8 Å². The lowest BCUT2D eigenvalue weighted by Gasteiger charge is -2.28. The Morgan fingerprint density at radius 1 is 0.955 bits per heavy atom. The molecular formula is C20H16ClN. The number of nitrogens with one attached hydrogen (secondary N) is 1. The van der Waals surface area contributed by atoms with E-state index in [4.69, 9.17) is 11.6 Å². The average molecular weight is 306 g/mol. The van der Waals surface area contributed by atoms with Crippen LogP contribution in [0.15, 0.2) is 72.9 Å². The van der Waals surface area contributed by atoms with Crippen LogP contribution in [-0.2, 0) is 5.41 Å². The van der Waals surface area contributed by atoms with Crippen LogP contribution in [0, 0.1) is 0 Å². The second-order valence-corrected chi connectivity index (χ2v) is 6.38. The van der Waals surface area contributed by atoms with Crippen molar-refractivity contribution in [2.75, 3.05) is 5.32 Å². The summed E-state index contributed by atoms with van der Waals surface area (Å²) in [6, 6.07) is 20.9. The quantitative estimate of drug-likeness (QED) is 0.604. The Balaban J connectivity index is 2.06. The van der Waals surface area contributed by atoms with Crippen molar-refractivity contribution in [1.29, 1.82) is 0 Å². The van der Waals surface area contributed by atoms with Gasteiger partial charge in [0.05, 0.1) is 5.41 Å². The molecule has 2 heteroatoms. The lowest BCUT2D eigenvalue weighted by Crippen LogP contribution is -2.23. The molecule has 0 amide bonds. The van der Waals surface area contributed by atoms with Gasteiger partial charge in [0.2, 0.25) is 0 Å². The van der Waals surface area contributed by atoms with E-state index in [0.29, 0.717) is 0 Å². The van der Waals surface area contributed by atoms with Gasteiger partial charge in [0.25, 0.3) is 0 Å². The fourth-order valence-electron chi connectivity index (χ4n) is 3.46. The van der Waals surface area contributed by atoms with Gasteiger partial charge in [-0.05, 0) is 47.0 Å². The molecular weight excluding hydrogens is 290 g/mol. The maximum Gasteiger partial charge on any atom is 0.0594 e. The molecule has 0 bridgehead atoms. The van der Waals surface area contributed by atoms with Crippen LogP contribution in [0.4, 0.5) is 5.69 Å². The van der Waals surface area contributed by atoms with Gasteiger partial charge >= 0.3 is 0 Å². The van der Waals surface area contributed by atoms with Gasteiger partial charge in [0.15, 0.2) is 0 Å². The molecule has 22 heavy (non-hydrogen) atoms. The zero-order chi connectivity index (χ0) is 15.3. The van der Waals surface area contributed by atoms with E-state index in [0.717, 1.165) is 16.4 Å². The normalized spacial score (nSPS) is 20.0. The second kappa shape index (κ2) is 4.62. The lowest BCUT2D eigenvalue weighted by molar-refractivity contribution is 0.717. The Labute approximate surface area is 135 Å². The molecule has 0 aromatic heterocycles. The molecule has 0 saturated heterocycles. The molecule has 1 nitrogen and oxygen atoms in total. The van der Waals surface area contributed by atoms with Gasteiger partial charge in [0.1, 0.15) is 0 Å². The van der Waals surface area contributed by atoms with Gasteiger partial charge < -0.3 is 5.32 Å². The van der Waals surface area contributed by atoms with Gasteiger partial charge in [-0.15, -0.1) is 0 Å². The third kappa shape index (κ3) is 1.72. The van der Waals surface area contributed by atoms with E-state index < -0.39 is 0 Å². The minimum Gasteiger partial charge on any atom is -0.358 e. The summed E-state index contributed by atoms with van der Waals surface area (Å²) < 4.78 is 0. The molecule has 0 radical (unpaired) electrons. The van der Waals surface area contributed by atoms with Crippen molar-refractivity contribution in [2.24, 2.45) is 0 Å². The molecule has 1 heterocycles. The average Bonchev–Trinajstić information content (AvgIpc) is 2.79. The summed E-state index contributed by atoms with van der Waals surface area (Å²) in [7, 11) is 0. The van der Waals surface area contributed by atoms with Gasteiger partial charge in [-0.1, -0.05) is 60.6 Å². The van der Waals surface area contributed by atoms with E-state index in [-0.39, 0.29) is 5.41 Å². The number of allylic oxidation sites excluding steroid dienone is 1. The van der Waals surface area contributed by atoms with Crippen molar-refractivity contribution < 1.29 is 0 Å². The zero-order valence-electron chi connectivity index (χ0n) is 12.4. The van der Waals surface area contributed by atoms with Crippen molar-refractivity contribution in [1.82, 2.24) is 0 Å². The van der Waals surface area contributed by atoms with Crippen LogP contribution in [-0.4, -0.2) is 0 Å². The van der Waals surface area contributed by atoms with Crippen molar-refractivity contribution in [3.63, 3.8) is 0 Å². The number of hydrogen-bond acceptors (Lipinski definition) is 1. The minimum absolute atomic E-state index is 0.291. The Morgan fingerprint density at radius 3 is 2.59 bits per heavy atom. The first-order chi connectivity index (χ1) is 10.6. The van der Waals surface area contributed by atoms with Gasteiger partial charge in [-0.25, -0.2) is 0 Å². The highest BCUT2D eigenvalue weighted by Crippen LogP contribution is 2.49. The van der Waals surface area contributed by atoms with Crippen molar-refractivity contribution in [3.05, 3.63) is 89.1 Å². The first-order valence-electron chi connectivity index (χ1n) is 7.35. The number of halogens is 1. The molecule has 1 N–H and O–H groups in total. The largest absolute Gasteiger partial charge is 0.358 e. The molecule has 3 aromatic carbocycles. The molecule has 108 valence electrons. The number of hydrogen-bond donors (Lipinski definition) is 1. The molecule has 3 aromatic rings. The standard InChI is InChI=1S/C20H16ClN/c1-13-20(2,18-12-15(21)10-11-19(18)22-13)17-9-5-7-14-6-3-4-8-16(14)17/h3-12,22H,1H2,2H3. The van der Waals surface area contributed by atoms with Crippen molar-refractivity contribution in [2.45, 2.75) is 12.3 Å². The SMILES string of the molecule is C=C1Nc2ccc(Cl)cc2C1(C)c1cccc2ccccc12. The Bertz CT molecular complexity index is 907. The third-order valence-corrected chi connectivity index (χ3v) is 4.97.